The van der Waals surface area contributed by atoms with Gasteiger partial charge in [-0.1, -0.05) is 6.07 Å². The van der Waals surface area contributed by atoms with E-state index in [0.29, 0.717) is 11.5 Å². The predicted molar refractivity (Wildman–Crippen MR) is 99.9 cm³/mol. The van der Waals surface area contributed by atoms with E-state index in [1.165, 1.54) is 23.4 Å². The molecule has 2 aromatic rings. The molecule has 2 aliphatic rings. The zero-order valence-electron chi connectivity index (χ0n) is 15.0. The Morgan fingerprint density at radius 3 is 2.92 bits per heavy atom. The summed E-state index contributed by atoms with van der Waals surface area (Å²) in [7, 11) is 2.28. The van der Waals surface area contributed by atoms with Gasteiger partial charge >= 0.3 is 0 Å². The van der Waals surface area contributed by atoms with E-state index in [0.717, 1.165) is 38.7 Å². The van der Waals surface area contributed by atoms with Gasteiger partial charge in [-0.3, -0.25) is 9.80 Å². The van der Waals surface area contributed by atoms with Gasteiger partial charge in [-0.15, -0.1) is 11.3 Å². The highest BCUT2D eigenvalue weighted by atomic mass is 32.1. The van der Waals surface area contributed by atoms with E-state index in [4.69, 9.17) is 4.74 Å². The zero-order valence-corrected chi connectivity index (χ0v) is 15.8. The summed E-state index contributed by atoms with van der Waals surface area (Å²) >= 11 is 1.78. The lowest BCUT2D eigenvalue weighted by Crippen LogP contribution is -2.71. The van der Waals surface area contributed by atoms with Crippen molar-refractivity contribution in [2.75, 3.05) is 33.3 Å². The Hall–Kier alpha value is -1.50. The summed E-state index contributed by atoms with van der Waals surface area (Å²) in [6, 6.07) is 5.84. The molecule has 134 valence electrons. The highest BCUT2D eigenvalue weighted by Gasteiger charge is 2.49. The van der Waals surface area contributed by atoms with Crippen LogP contribution in [-0.4, -0.2) is 58.6 Å². The molecular formula is C19H26N4OS. The number of pyridine rings is 1. The molecule has 0 bridgehead atoms. The monoisotopic (exact) mass is 358 g/mol. The Balaban J connectivity index is 1.32. The van der Waals surface area contributed by atoms with Crippen LogP contribution in [0.3, 0.4) is 0 Å². The smallest absolute Gasteiger partial charge is 0.213 e. The van der Waals surface area contributed by atoms with Crippen LogP contribution < -0.4 is 4.74 Å². The van der Waals surface area contributed by atoms with Crippen LogP contribution in [0, 0.1) is 12.8 Å². The van der Waals surface area contributed by atoms with Gasteiger partial charge in [-0.05, 0) is 45.3 Å². The first kappa shape index (κ1) is 16.9. The van der Waals surface area contributed by atoms with Crippen LogP contribution in [0.2, 0.25) is 0 Å². The lowest BCUT2D eigenvalue weighted by Gasteiger charge is -2.58. The largest absolute Gasteiger partial charge is 0.477 e. The number of rotatable bonds is 5. The van der Waals surface area contributed by atoms with Crippen molar-refractivity contribution >= 4 is 11.3 Å². The van der Waals surface area contributed by atoms with Crippen molar-refractivity contribution < 1.29 is 4.74 Å². The number of ether oxygens (including phenoxy) is 1. The van der Waals surface area contributed by atoms with Gasteiger partial charge in [-0.2, -0.15) is 0 Å². The van der Waals surface area contributed by atoms with Crippen LogP contribution in [0.15, 0.2) is 29.9 Å². The van der Waals surface area contributed by atoms with Gasteiger partial charge in [0.2, 0.25) is 5.88 Å². The topological polar surface area (TPSA) is 41.5 Å². The van der Waals surface area contributed by atoms with E-state index in [1.54, 1.807) is 17.5 Å². The summed E-state index contributed by atoms with van der Waals surface area (Å²) in [4.78, 5) is 15.2. The molecule has 0 unspecified atom stereocenters. The van der Waals surface area contributed by atoms with Crippen molar-refractivity contribution in [1.29, 1.82) is 0 Å². The second-order valence-corrected chi connectivity index (χ2v) is 8.43. The number of likely N-dealkylation sites (N-methyl/N-ethyl adjacent to an activating group) is 1. The van der Waals surface area contributed by atoms with Crippen molar-refractivity contribution in [2.24, 2.45) is 5.92 Å². The van der Waals surface area contributed by atoms with Crippen LogP contribution in [0.1, 0.15) is 23.4 Å². The Bertz CT molecular complexity index is 698. The summed E-state index contributed by atoms with van der Waals surface area (Å²) in [5.74, 6) is 1.36. The second kappa shape index (κ2) is 7.02. The number of thiazole rings is 1. The fourth-order valence-corrected chi connectivity index (χ4v) is 4.95. The van der Waals surface area contributed by atoms with Crippen LogP contribution >= 0.6 is 11.3 Å². The summed E-state index contributed by atoms with van der Waals surface area (Å²) < 4.78 is 5.92. The molecule has 1 spiro atoms. The second-order valence-electron chi connectivity index (χ2n) is 7.49. The van der Waals surface area contributed by atoms with Crippen molar-refractivity contribution in [2.45, 2.75) is 31.8 Å². The highest BCUT2D eigenvalue weighted by molar-refractivity contribution is 7.09. The Kier molecular flexibility index (Phi) is 4.75. The van der Waals surface area contributed by atoms with E-state index in [2.05, 4.69) is 33.7 Å². The maximum atomic E-state index is 5.92. The number of nitrogens with zero attached hydrogens (tertiary/aromatic N) is 4. The van der Waals surface area contributed by atoms with Crippen molar-refractivity contribution in [3.05, 3.63) is 40.5 Å². The molecule has 4 heterocycles. The molecule has 2 fully saturated rings. The minimum Gasteiger partial charge on any atom is -0.477 e. The molecule has 0 aliphatic carbocycles. The first-order valence-electron chi connectivity index (χ1n) is 9.01. The first-order valence-corrected chi connectivity index (χ1v) is 9.89. The molecule has 0 amide bonds. The van der Waals surface area contributed by atoms with Crippen molar-refractivity contribution in [3.8, 4) is 5.88 Å². The van der Waals surface area contributed by atoms with E-state index >= 15 is 0 Å². The SMILES string of the molecule is Cc1ncsc1CN1CC2(C[C@H](COc3ccccn3)CCN2C)C1. The summed E-state index contributed by atoms with van der Waals surface area (Å²) in [5.41, 5.74) is 3.47. The quantitative estimate of drug-likeness (QED) is 0.822. The third-order valence-corrected chi connectivity index (χ3v) is 6.62. The number of hydrogen-bond donors (Lipinski definition) is 0. The van der Waals surface area contributed by atoms with Gasteiger partial charge in [0.1, 0.15) is 0 Å². The number of likely N-dealkylation sites (tertiary alicyclic amines) is 2. The van der Waals surface area contributed by atoms with Gasteiger partial charge in [0.15, 0.2) is 0 Å². The van der Waals surface area contributed by atoms with Gasteiger partial charge < -0.3 is 4.74 Å². The normalized spacial score (nSPS) is 23.5. The fourth-order valence-electron chi connectivity index (χ4n) is 4.14. The maximum Gasteiger partial charge on any atom is 0.213 e. The zero-order chi connectivity index (χ0) is 17.3. The summed E-state index contributed by atoms with van der Waals surface area (Å²) in [6.45, 7) is 7.40. The molecule has 6 heteroatoms. The summed E-state index contributed by atoms with van der Waals surface area (Å²) in [6.07, 6.45) is 4.21. The molecular weight excluding hydrogens is 332 g/mol. The molecule has 0 N–H and O–H groups in total. The Morgan fingerprint density at radius 1 is 1.32 bits per heavy atom. The van der Waals surface area contributed by atoms with Gasteiger partial charge in [-0.25, -0.2) is 9.97 Å². The fraction of sp³-hybridized carbons (Fsp3) is 0.579. The minimum absolute atomic E-state index is 0.328. The van der Waals surface area contributed by atoms with Gasteiger partial charge in [0.05, 0.1) is 17.8 Å². The molecule has 5 nitrogen and oxygen atoms in total. The van der Waals surface area contributed by atoms with E-state index in [-0.39, 0.29) is 0 Å². The molecule has 2 aliphatic heterocycles. The first-order chi connectivity index (χ1) is 12.1. The van der Waals surface area contributed by atoms with Crippen molar-refractivity contribution in [3.63, 3.8) is 0 Å². The molecule has 2 aromatic heterocycles. The number of aryl methyl sites for hydroxylation is 1. The third kappa shape index (κ3) is 3.57. The van der Waals surface area contributed by atoms with Gasteiger partial charge in [0, 0.05) is 42.3 Å². The van der Waals surface area contributed by atoms with E-state index < -0.39 is 0 Å². The Morgan fingerprint density at radius 2 is 2.20 bits per heavy atom. The predicted octanol–water partition coefficient (Wildman–Crippen LogP) is 2.82. The Labute approximate surface area is 153 Å². The molecule has 4 rings (SSSR count). The molecule has 1 atom stereocenters. The average Bonchev–Trinajstić information content (AvgIpc) is 3.00. The molecule has 0 radical (unpaired) electrons. The number of hydrogen-bond acceptors (Lipinski definition) is 6. The van der Waals surface area contributed by atoms with Crippen LogP contribution in [0.4, 0.5) is 0 Å². The molecule has 0 aromatic carbocycles. The molecule has 2 saturated heterocycles. The van der Waals surface area contributed by atoms with Gasteiger partial charge in [0.25, 0.3) is 0 Å². The third-order valence-electron chi connectivity index (χ3n) is 5.70. The van der Waals surface area contributed by atoms with Crippen LogP contribution in [0.25, 0.3) is 0 Å². The lowest BCUT2D eigenvalue weighted by molar-refractivity contribution is -0.0872. The average molecular weight is 359 g/mol. The number of piperidine rings is 1. The van der Waals surface area contributed by atoms with E-state index in [9.17, 15) is 0 Å². The molecule has 25 heavy (non-hydrogen) atoms. The van der Waals surface area contributed by atoms with Crippen LogP contribution in [0.5, 0.6) is 5.88 Å². The molecule has 0 saturated carbocycles. The van der Waals surface area contributed by atoms with Crippen molar-refractivity contribution in [1.82, 2.24) is 19.8 Å². The maximum absolute atomic E-state index is 5.92. The summed E-state index contributed by atoms with van der Waals surface area (Å²) in [5, 5.41) is 0. The van der Waals surface area contributed by atoms with E-state index in [1.807, 2.05) is 23.7 Å². The van der Waals surface area contributed by atoms with Crippen LogP contribution in [-0.2, 0) is 6.54 Å². The minimum atomic E-state index is 0.328. The standard InChI is InChI=1S/C19H26N4OS/c1-15-17(25-14-21-15)10-23-12-19(13-23)9-16(6-8-22(19)2)11-24-18-5-3-4-7-20-18/h3-5,7,14,16H,6,8-13H2,1-2H3/t16-/m1/s1. The number of aromatic nitrogens is 2. The lowest BCUT2D eigenvalue weighted by atomic mass is 9.75. The highest BCUT2D eigenvalue weighted by Crippen LogP contribution is 2.39.